The van der Waals surface area contributed by atoms with E-state index in [4.69, 9.17) is 17.5 Å². The van der Waals surface area contributed by atoms with Gasteiger partial charge in [-0.1, -0.05) is 0 Å². The summed E-state index contributed by atoms with van der Waals surface area (Å²) in [5.74, 6) is 0. The molecule has 0 heterocycles. The van der Waals surface area contributed by atoms with E-state index < -0.39 is 29.2 Å². The maximum absolute atomic E-state index is 10.8. The van der Waals surface area contributed by atoms with Crippen LogP contribution in [0.25, 0.3) is 0 Å². The molecule has 0 aliphatic carbocycles. The van der Waals surface area contributed by atoms with E-state index in [1.165, 1.54) is 0 Å². The Labute approximate surface area is 91.0 Å². The summed E-state index contributed by atoms with van der Waals surface area (Å²) in [6, 6.07) is 0. The number of rotatable bonds is 0. The van der Waals surface area contributed by atoms with Gasteiger partial charge in [-0.05, 0) is 0 Å². The first-order valence-corrected chi connectivity index (χ1v) is 4.38. The molecule has 0 unspecified atom stereocenters. The number of halogens is 6. The molecule has 0 saturated carbocycles. The van der Waals surface area contributed by atoms with Crippen molar-refractivity contribution in [2.24, 2.45) is 0 Å². The summed E-state index contributed by atoms with van der Waals surface area (Å²) in [5, 5.41) is -0.729. The Morgan fingerprint density at radius 1 is 1.13 bits per heavy atom. The topological polar surface area (TPSA) is 74.6 Å². The maximum atomic E-state index is 10.8. The molecule has 15 heavy (non-hydrogen) atoms. The van der Waals surface area contributed by atoms with Gasteiger partial charge in [0.1, 0.15) is 0 Å². The fourth-order valence-corrected chi connectivity index (χ4v) is 0. The van der Waals surface area contributed by atoms with Crippen LogP contribution in [0.1, 0.15) is 0 Å². The van der Waals surface area contributed by atoms with Gasteiger partial charge in [-0.3, -0.25) is 22.1 Å². The SMILES string of the molecule is FB(F)F.O=S(=O)(O)O.[Li][CH2]C(F)(F)F. The van der Waals surface area contributed by atoms with Gasteiger partial charge >= 0.3 is 60.1 Å². The first-order chi connectivity index (χ1) is 6.29. The number of hydrogen-bond donors (Lipinski definition) is 2. The zero-order chi connectivity index (χ0) is 13.3. The molecule has 0 aromatic carbocycles. The van der Waals surface area contributed by atoms with Crippen LogP contribution in [0.3, 0.4) is 0 Å². The molecule has 88 valence electrons. The van der Waals surface area contributed by atoms with Crippen molar-refractivity contribution >= 4 is 35.7 Å². The average Bonchev–Trinajstić information content (AvgIpc) is 1.80. The van der Waals surface area contributed by atoms with E-state index in [1.807, 2.05) is 0 Å². The van der Waals surface area contributed by atoms with Crippen LogP contribution in [0.4, 0.5) is 26.1 Å². The van der Waals surface area contributed by atoms with Crippen LogP contribution in [-0.2, 0) is 10.4 Å². The Hall–Kier alpha value is 0.112. The molecule has 4 nitrogen and oxygen atoms in total. The van der Waals surface area contributed by atoms with Gasteiger partial charge in [-0.15, -0.1) is 0 Å². The normalized spacial score (nSPS) is 10.5. The second-order valence-electron chi connectivity index (χ2n) is 1.66. The summed E-state index contributed by atoms with van der Waals surface area (Å²) in [5.41, 5.74) is 0. The van der Waals surface area contributed by atoms with Crippen molar-refractivity contribution < 1.29 is 43.6 Å². The van der Waals surface area contributed by atoms with Crippen molar-refractivity contribution in [1.29, 1.82) is 0 Å². The van der Waals surface area contributed by atoms with Gasteiger partial charge in [0.2, 0.25) is 0 Å². The Balaban J connectivity index is -0.000000147. The quantitative estimate of drug-likeness (QED) is 0.389. The van der Waals surface area contributed by atoms with E-state index in [0.717, 1.165) is 17.7 Å². The summed E-state index contributed by atoms with van der Waals surface area (Å²) in [7, 11) is -8.33. The minimum absolute atomic E-state index is 0.729. The number of hydrogen-bond acceptors (Lipinski definition) is 2. The molecular formula is C2H4BF6LiO4S. The van der Waals surface area contributed by atoms with Crippen LogP contribution in [0.15, 0.2) is 0 Å². The van der Waals surface area contributed by atoms with Crippen LogP contribution in [0.5, 0.6) is 0 Å². The molecule has 0 aromatic heterocycles. The van der Waals surface area contributed by atoms with Crippen molar-refractivity contribution in [2.75, 3.05) is 0 Å². The number of alkyl halides is 3. The molecule has 0 radical (unpaired) electrons. The van der Waals surface area contributed by atoms with Gasteiger partial charge in [0.25, 0.3) is 0 Å². The van der Waals surface area contributed by atoms with E-state index >= 15 is 0 Å². The zero-order valence-corrected chi connectivity index (χ0v) is 7.99. The molecule has 0 aliphatic heterocycles. The van der Waals surface area contributed by atoms with Crippen molar-refractivity contribution in [3.8, 4) is 0 Å². The van der Waals surface area contributed by atoms with Gasteiger partial charge in [-0.25, -0.2) is 0 Å². The molecule has 0 aromatic rings. The van der Waals surface area contributed by atoms with Gasteiger partial charge in [0.15, 0.2) is 0 Å². The fraction of sp³-hybridized carbons (Fsp3) is 1.00. The van der Waals surface area contributed by atoms with Crippen LogP contribution in [-0.4, -0.2) is 49.0 Å². The first kappa shape index (κ1) is 20.5. The molecule has 13 heteroatoms. The van der Waals surface area contributed by atoms with E-state index in [-0.39, 0.29) is 0 Å². The third-order valence-corrected chi connectivity index (χ3v) is 0.401. The van der Waals surface area contributed by atoms with Gasteiger partial charge < -0.3 is 0 Å². The summed E-state index contributed by atoms with van der Waals surface area (Å²) in [6.07, 6.45) is -3.96. The molecule has 0 spiro atoms. The predicted octanol–water partition coefficient (Wildman–Crippen LogP) is 1.36. The summed E-state index contributed by atoms with van der Waals surface area (Å²) in [6.45, 7) is 0. The average molecular weight is 256 g/mol. The Morgan fingerprint density at radius 2 is 1.20 bits per heavy atom. The van der Waals surface area contributed by atoms with Crippen LogP contribution >= 0.6 is 0 Å². The van der Waals surface area contributed by atoms with E-state index in [1.54, 1.807) is 0 Å². The van der Waals surface area contributed by atoms with Crippen molar-refractivity contribution in [1.82, 2.24) is 0 Å². The van der Waals surface area contributed by atoms with Gasteiger partial charge in [0, 0.05) is 0 Å². The van der Waals surface area contributed by atoms with E-state index in [9.17, 15) is 26.1 Å². The third-order valence-electron chi connectivity index (χ3n) is 0.401. The van der Waals surface area contributed by atoms with Gasteiger partial charge in [0.05, 0.1) is 0 Å². The first-order valence-electron chi connectivity index (χ1n) is 2.98. The van der Waals surface area contributed by atoms with Crippen LogP contribution in [0.2, 0.25) is 5.09 Å². The molecule has 0 rings (SSSR count). The molecule has 2 N–H and O–H groups in total. The molecule has 0 saturated heterocycles. The van der Waals surface area contributed by atoms with Crippen molar-refractivity contribution in [3.63, 3.8) is 0 Å². The Bertz CT molecular complexity index is 217. The van der Waals surface area contributed by atoms with Gasteiger partial charge in [-0.2, -0.15) is 8.42 Å². The van der Waals surface area contributed by atoms with Crippen LogP contribution in [0, 0.1) is 0 Å². The molecule has 0 aliphatic rings. The molecular weight excluding hydrogens is 252 g/mol. The third kappa shape index (κ3) is 214. The molecule has 0 fully saturated rings. The monoisotopic (exact) mass is 256 g/mol. The summed E-state index contributed by atoms with van der Waals surface area (Å²) < 4.78 is 92.9. The Kier molecular flexibility index (Phi) is 12.8. The predicted molar refractivity (Wildman–Crippen MR) is 39.9 cm³/mol. The van der Waals surface area contributed by atoms with Crippen molar-refractivity contribution in [3.05, 3.63) is 0 Å². The second-order valence-corrected chi connectivity index (χ2v) is 2.56. The van der Waals surface area contributed by atoms with Crippen LogP contribution < -0.4 is 0 Å². The molecule has 0 atom stereocenters. The minimum atomic E-state index is -4.67. The molecule has 0 amide bonds. The standard InChI is InChI=1S/C2H2F3.BF3.Li.H2O4S/c1-2(3,4)5;2-1(3)4;;1-5(2,3)4/h1H2;;;(H2,1,2,3,4). The van der Waals surface area contributed by atoms with Crippen molar-refractivity contribution in [2.45, 2.75) is 11.3 Å². The molecule has 0 bridgehead atoms. The summed E-state index contributed by atoms with van der Waals surface area (Å²) >= 11 is 1.08. The van der Waals surface area contributed by atoms with E-state index in [0.29, 0.717) is 0 Å². The summed E-state index contributed by atoms with van der Waals surface area (Å²) in [4.78, 5) is 0. The van der Waals surface area contributed by atoms with E-state index in [2.05, 4.69) is 0 Å². The second kappa shape index (κ2) is 9.35. The zero-order valence-electron chi connectivity index (χ0n) is 7.17. The fourth-order valence-electron chi connectivity index (χ4n) is 0. The Morgan fingerprint density at radius 3 is 1.20 bits per heavy atom.